The molecule has 1 aromatic heterocycles. The van der Waals surface area contributed by atoms with Crippen LogP contribution < -0.4 is 5.32 Å². The standard InChI is InChI=1S/C16H16ClNO3/c17-14-4-2-1-3-12(14)5-6-16(20)18-9-7-15(19)13-8-10-21-11-13/h1-6,8,10-11,15,19H,7,9H2,(H,18,20)/b6-5+. The monoisotopic (exact) mass is 305 g/mol. The van der Waals surface area contributed by atoms with Crippen LogP contribution in [0.25, 0.3) is 6.08 Å². The highest BCUT2D eigenvalue weighted by Gasteiger charge is 2.08. The second-order valence-corrected chi connectivity index (χ2v) is 4.91. The summed E-state index contributed by atoms with van der Waals surface area (Å²) in [6, 6.07) is 8.97. The van der Waals surface area contributed by atoms with Crippen LogP contribution in [0.1, 0.15) is 23.7 Å². The van der Waals surface area contributed by atoms with Crippen LogP contribution >= 0.6 is 11.6 Å². The fourth-order valence-corrected chi connectivity index (χ4v) is 2.00. The molecule has 1 aromatic carbocycles. The molecule has 0 fully saturated rings. The van der Waals surface area contributed by atoms with E-state index in [0.717, 1.165) is 5.56 Å². The van der Waals surface area contributed by atoms with E-state index in [1.165, 1.54) is 18.6 Å². The Hall–Kier alpha value is -2.04. The first-order chi connectivity index (χ1) is 10.2. The number of halogens is 1. The molecule has 1 atom stereocenters. The molecule has 0 bridgehead atoms. The van der Waals surface area contributed by atoms with Crippen molar-refractivity contribution in [3.8, 4) is 0 Å². The molecule has 110 valence electrons. The second kappa shape index (κ2) is 7.67. The lowest BCUT2D eigenvalue weighted by atomic mass is 10.1. The van der Waals surface area contributed by atoms with Gasteiger partial charge in [0.25, 0.3) is 0 Å². The molecular formula is C16H16ClNO3. The summed E-state index contributed by atoms with van der Waals surface area (Å²) in [6.07, 6.45) is 5.85. The Morgan fingerprint density at radius 2 is 2.19 bits per heavy atom. The van der Waals surface area contributed by atoms with Gasteiger partial charge >= 0.3 is 0 Å². The van der Waals surface area contributed by atoms with Crippen molar-refractivity contribution in [2.75, 3.05) is 6.54 Å². The van der Waals surface area contributed by atoms with Crippen molar-refractivity contribution in [3.63, 3.8) is 0 Å². The van der Waals surface area contributed by atoms with Crippen LogP contribution in [-0.2, 0) is 4.79 Å². The summed E-state index contributed by atoms with van der Waals surface area (Å²) in [4.78, 5) is 11.7. The third kappa shape index (κ3) is 4.77. The van der Waals surface area contributed by atoms with Crippen LogP contribution in [0.3, 0.4) is 0 Å². The molecule has 1 heterocycles. The average Bonchev–Trinajstić information content (AvgIpc) is 3.00. The number of furan rings is 1. The molecule has 21 heavy (non-hydrogen) atoms. The molecule has 1 amide bonds. The van der Waals surface area contributed by atoms with Gasteiger partial charge in [-0.3, -0.25) is 4.79 Å². The molecule has 1 unspecified atom stereocenters. The lowest BCUT2D eigenvalue weighted by molar-refractivity contribution is -0.116. The summed E-state index contributed by atoms with van der Waals surface area (Å²) in [6.45, 7) is 0.373. The van der Waals surface area contributed by atoms with E-state index < -0.39 is 6.10 Å². The molecule has 2 aromatic rings. The molecule has 0 saturated heterocycles. The van der Waals surface area contributed by atoms with Crippen molar-refractivity contribution in [3.05, 3.63) is 65.1 Å². The Morgan fingerprint density at radius 3 is 2.90 bits per heavy atom. The lowest BCUT2D eigenvalue weighted by Gasteiger charge is -2.08. The predicted octanol–water partition coefficient (Wildman–Crippen LogP) is 3.19. The van der Waals surface area contributed by atoms with Crippen LogP contribution in [0.5, 0.6) is 0 Å². The van der Waals surface area contributed by atoms with Crippen molar-refractivity contribution in [2.45, 2.75) is 12.5 Å². The Bertz CT molecular complexity index is 608. The Balaban J connectivity index is 1.76. The van der Waals surface area contributed by atoms with Gasteiger partial charge in [-0.2, -0.15) is 0 Å². The van der Waals surface area contributed by atoms with Gasteiger partial charge in [-0.25, -0.2) is 0 Å². The van der Waals surface area contributed by atoms with Gasteiger partial charge in [0, 0.05) is 23.2 Å². The van der Waals surface area contributed by atoms with Gasteiger partial charge in [-0.1, -0.05) is 29.8 Å². The fourth-order valence-electron chi connectivity index (χ4n) is 1.80. The zero-order valence-electron chi connectivity index (χ0n) is 11.3. The highest BCUT2D eigenvalue weighted by molar-refractivity contribution is 6.32. The van der Waals surface area contributed by atoms with E-state index in [0.29, 0.717) is 23.6 Å². The first-order valence-electron chi connectivity index (χ1n) is 6.57. The zero-order chi connectivity index (χ0) is 15.1. The maximum atomic E-state index is 11.7. The minimum atomic E-state index is -0.642. The number of hydrogen-bond acceptors (Lipinski definition) is 3. The average molecular weight is 306 g/mol. The van der Waals surface area contributed by atoms with E-state index in [1.807, 2.05) is 18.2 Å². The third-order valence-electron chi connectivity index (χ3n) is 2.96. The topological polar surface area (TPSA) is 62.5 Å². The van der Waals surface area contributed by atoms with E-state index in [-0.39, 0.29) is 5.91 Å². The van der Waals surface area contributed by atoms with Gasteiger partial charge < -0.3 is 14.8 Å². The number of amides is 1. The van der Waals surface area contributed by atoms with Gasteiger partial charge in [0.2, 0.25) is 5.91 Å². The minimum absolute atomic E-state index is 0.227. The SMILES string of the molecule is O=C(/C=C/c1ccccc1Cl)NCCC(O)c1ccoc1. The van der Waals surface area contributed by atoms with Crippen LogP contribution in [0.15, 0.2) is 53.4 Å². The number of aliphatic hydroxyl groups is 1. The van der Waals surface area contributed by atoms with E-state index in [1.54, 1.807) is 18.2 Å². The maximum absolute atomic E-state index is 11.7. The fraction of sp³-hybridized carbons (Fsp3) is 0.188. The highest BCUT2D eigenvalue weighted by atomic mass is 35.5. The predicted molar refractivity (Wildman–Crippen MR) is 81.8 cm³/mol. The van der Waals surface area contributed by atoms with Crippen LogP contribution in [0.2, 0.25) is 5.02 Å². The molecule has 2 rings (SSSR count). The number of rotatable bonds is 6. The third-order valence-corrected chi connectivity index (χ3v) is 3.31. The van der Waals surface area contributed by atoms with Gasteiger partial charge in [0.15, 0.2) is 0 Å². The number of aliphatic hydroxyl groups excluding tert-OH is 1. The summed E-state index contributed by atoms with van der Waals surface area (Å²) in [5.41, 5.74) is 1.49. The molecule has 0 aliphatic carbocycles. The van der Waals surface area contributed by atoms with Crippen LogP contribution in [0.4, 0.5) is 0 Å². The molecule has 0 aliphatic heterocycles. The van der Waals surface area contributed by atoms with Crippen molar-refractivity contribution >= 4 is 23.6 Å². The van der Waals surface area contributed by atoms with Gasteiger partial charge in [0.1, 0.15) is 0 Å². The number of hydrogen-bond donors (Lipinski definition) is 2. The van der Waals surface area contributed by atoms with Gasteiger partial charge in [-0.05, 0) is 30.2 Å². The second-order valence-electron chi connectivity index (χ2n) is 4.51. The van der Waals surface area contributed by atoms with E-state index in [2.05, 4.69) is 5.32 Å². The first-order valence-corrected chi connectivity index (χ1v) is 6.95. The number of carbonyl (C=O) groups excluding carboxylic acids is 1. The summed E-state index contributed by atoms with van der Waals surface area (Å²) < 4.78 is 4.89. The summed E-state index contributed by atoms with van der Waals surface area (Å²) in [5, 5.41) is 13.1. The van der Waals surface area contributed by atoms with E-state index in [9.17, 15) is 9.90 Å². The molecule has 0 spiro atoms. The first kappa shape index (κ1) is 15.4. The quantitative estimate of drug-likeness (QED) is 0.806. The Kier molecular flexibility index (Phi) is 5.60. The number of benzene rings is 1. The smallest absolute Gasteiger partial charge is 0.244 e. The Morgan fingerprint density at radius 1 is 1.38 bits per heavy atom. The lowest BCUT2D eigenvalue weighted by Crippen LogP contribution is -2.23. The van der Waals surface area contributed by atoms with E-state index >= 15 is 0 Å². The highest BCUT2D eigenvalue weighted by Crippen LogP contribution is 2.17. The molecule has 0 radical (unpaired) electrons. The number of nitrogens with one attached hydrogen (secondary N) is 1. The Labute approximate surface area is 128 Å². The molecular weight excluding hydrogens is 290 g/mol. The molecule has 4 nitrogen and oxygen atoms in total. The molecule has 0 saturated carbocycles. The van der Waals surface area contributed by atoms with Crippen molar-refractivity contribution in [1.82, 2.24) is 5.32 Å². The maximum Gasteiger partial charge on any atom is 0.244 e. The van der Waals surface area contributed by atoms with Crippen LogP contribution in [-0.4, -0.2) is 17.6 Å². The van der Waals surface area contributed by atoms with Crippen molar-refractivity contribution < 1.29 is 14.3 Å². The summed E-state index contributed by atoms with van der Waals surface area (Å²) in [5.74, 6) is -0.227. The minimum Gasteiger partial charge on any atom is -0.472 e. The zero-order valence-corrected chi connectivity index (χ0v) is 12.1. The van der Waals surface area contributed by atoms with E-state index in [4.69, 9.17) is 16.0 Å². The normalized spacial score (nSPS) is 12.5. The molecule has 0 aliphatic rings. The van der Waals surface area contributed by atoms with Crippen molar-refractivity contribution in [1.29, 1.82) is 0 Å². The van der Waals surface area contributed by atoms with Gasteiger partial charge in [-0.15, -0.1) is 0 Å². The summed E-state index contributed by atoms with van der Waals surface area (Å²) >= 11 is 5.99. The van der Waals surface area contributed by atoms with Gasteiger partial charge in [0.05, 0.1) is 18.6 Å². The number of carbonyl (C=O) groups is 1. The van der Waals surface area contributed by atoms with Crippen LogP contribution in [0, 0.1) is 0 Å². The summed E-state index contributed by atoms with van der Waals surface area (Å²) in [7, 11) is 0. The van der Waals surface area contributed by atoms with Crippen molar-refractivity contribution in [2.24, 2.45) is 0 Å². The molecule has 2 N–H and O–H groups in total. The molecule has 5 heteroatoms. The largest absolute Gasteiger partial charge is 0.472 e.